The summed E-state index contributed by atoms with van der Waals surface area (Å²) in [5.41, 5.74) is 0.707. The van der Waals surface area contributed by atoms with E-state index in [-0.39, 0.29) is 23.6 Å². The molecule has 0 amide bonds. The third kappa shape index (κ3) is 4.28. The van der Waals surface area contributed by atoms with Crippen molar-refractivity contribution in [2.75, 3.05) is 20.2 Å². The lowest BCUT2D eigenvalue weighted by molar-refractivity contribution is -0.138. The standard InChI is InChI=1S/C21H20F3N5O/c1-4-8-29(3)12-18-27-19-14(11-26-16(10-25)20(19)28-18)13-6-7-17(30-5-2)15(9-13)21(22,23)24/h4,6-7,9,11H,1,5,8,12H2,2-3H3,(H,27,28). The second-order valence-corrected chi connectivity index (χ2v) is 6.67. The Kier molecular flexibility index (Phi) is 6.08. The van der Waals surface area contributed by atoms with Crippen molar-refractivity contribution in [3.63, 3.8) is 0 Å². The molecule has 0 bridgehead atoms. The number of pyridine rings is 1. The summed E-state index contributed by atoms with van der Waals surface area (Å²) >= 11 is 0. The van der Waals surface area contributed by atoms with Gasteiger partial charge >= 0.3 is 6.18 Å². The smallest absolute Gasteiger partial charge is 0.419 e. The van der Waals surface area contributed by atoms with Crippen molar-refractivity contribution < 1.29 is 17.9 Å². The van der Waals surface area contributed by atoms with E-state index in [4.69, 9.17) is 4.74 Å². The molecule has 2 heterocycles. The van der Waals surface area contributed by atoms with Crippen LogP contribution in [0.5, 0.6) is 5.75 Å². The van der Waals surface area contributed by atoms with Crippen molar-refractivity contribution in [2.24, 2.45) is 0 Å². The molecule has 0 atom stereocenters. The average molecular weight is 415 g/mol. The Morgan fingerprint density at radius 3 is 2.77 bits per heavy atom. The van der Waals surface area contributed by atoms with E-state index in [1.54, 1.807) is 13.0 Å². The van der Waals surface area contributed by atoms with Gasteiger partial charge in [-0.25, -0.2) is 9.97 Å². The highest BCUT2D eigenvalue weighted by molar-refractivity contribution is 5.94. The lowest BCUT2D eigenvalue weighted by Crippen LogP contribution is -2.18. The lowest BCUT2D eigenvalue weighted by atomic mass is 10.0. The molecule has 0 spiro atoms. The monoisotopic (exact) mass is 415 g/mol. The number of fused-ring (bicyclic) bond motifs is 1. The van der Waals surface area contributed by atoms with E-state index < -0.39 is 11.7 Å². The number of imidazole rings is 1. The molecular weight excluding hydrogens is 395 g/mol. The summed E-state index contributed by atoms with van der Waals surface area (Å²) in [6, 6.07) is 5.83. The van der Waals surface area contributed by atoms with E-state index >= 15 is 0 Å². The number of alkyl halides is 3. The van der Waals surface area contributed by atoms with Crippen LogP contribution in [-0.2, 0) is 12.7 Å². The van der Waals surface area contributed by atoms with Crippen molar-refractivity contribution >= 4 is 11.0 Å². The molecule has 1 N–H and O–H groups in total. The summed E-state index contributed by atoms with van der Waals surface area (Å²) < 4.78 is 45.8. The van der Waals surface area contributed by atoms with Crippen LogP contribution in [0.2, 0.25) is 0 Å². The number of likely N-dealkylation sites (N-methyl/N-ethyl adjacent to an activating group) is 1. The van der Waals surface area contributed by atoms with Crippen LogP contribution in [0.15, 0.2) is 37.1 Å². The summed E-state index contributed by atoms with van der Waals surface area (Å²) in [6.07, 6.45) is -1.46. The molecule has 3 aromatic rings. The molecule has 156 valence electrons. The van der Waals surface area contributed by atoms with Crippen LogP contribution < -0.4 is 4.74 Å². The average Bonchev–Trinajstić information content (AvgIpc) is 3.10. The quantitative estimate of drug-likeness (QED) is 0.574. The molecule has 0 radical (unpaired) electrons. The van der Waals surface area contributed by atoms with Gasteiger partial charge in [0.2, 0.25) is 0 Å². The topological polar surface area (TPSA) is 77.8 Å². The van der Waals surface area contributed by atoms with Gasteiger partial charge < -0.3 is 9.72 Å². The number of ether oxygens (including phenoxy) is 1. The van der Waals surface area contributed by atoms with Crippen LogP contribution >= 0.6 is 0 Å². The molecule has 0 unspecified atom stereocenters. The highest BCUT2D eigenvalue weighted by Crippen LogP contribution is 2.40. The van der Waals surface area contributed by atoms with Gasteiger partial charge in [-0.05, 0) is 31.7 Å². The molecular formula is C21H20F3N5O. The second kappa shape index (κ2) is 8.55. The van der Waals surface area contributed by atoms with E-state index in [2.05, 4.69) is 21.5 Å². The number of hydrogen-bond acceptors (Lipinski definition) is 5. The van der Waals surface area contributed by atoms with E-state index in [1.807, 2.05) is 18.0 Å². The largest absolute Gasteiger partial charge is 0.493 e. The predicted octanol–water partition coefficient (Wildman–Crippen LogP) is 4.53. The van der Waals surface area contributed by atoms with Gasteiger partial charge in [0.15, 0.2) is 5.69 Å². The maximum absolute atomic E-state index is 13.5. The predicted molar refractivity (Wildman–Crippen MR) is 107 cm³/mol. The Hall–Kier alpha value is -3.38. The third-order valence-corrected chi connectivity index (χ3v) is 4.43. The zero-order chi connectivity index (χ0) is 21.9. The Balaban J connectivity index is 2.15. The molecule has 1 aromatic carbocycles. The minimum atomic E-state index is -4.58. The molecule has 0 saturated heterocycles. The maximum atomic E-state index is 13.5. The van der Waals surface area contributed by atoms with E-state index in [0.29, 0.717) is 35.5 Å². The van der Waals surface area contributed by atoms with Gasteiger partial charge in [0.25, 0.3) is 0 Å². The number of nitriles is 1. The number of halogens is 3. The fourth-order valence-electron chi connectivity index (χ4n) is 3.16. The number of H-pyrrole nitrogens is 1. The van der Waals surface area contributed by atoms with Crippen LogP contribution in [0.4, 0.5) is 13.2 Å². The van der Waals surface area contributed by atoms with Crippen LogP contribution in [0, 0.1) is 11.3 Å². The number of aromatic amines is 1. The number of benzene rings is 1. The van der Waals surface area contributed by atoms with Crippen molar-refractivity contribution in [3.05, 3.63) is 54.1 Å². The normalized spacial score (nSPS) is 11.6. The van der Waals surface area contributed by atoms with Gasteiger partial charge in [-0.3, -0.25) is 4.90 Å². The summed E-state index contributed by atoms with van der Waals surface area (Å²) in [6.45, 7) is 6.50. The van der Waals surface area contributed by atoms with Crippen LogP contribution in [0.3, 0.4) is 0 Å². The van der Waals surface area contributed by atoms with E-state index in [0.717, 1.165) is 6.07 Å². The fourth-order valence-corrected chi connectivity index (χ4v) is 3.16. The first kappa shape index (κ1) is 21.3. The molecule has 6 nitrogen and oxygen atoms in total. The summed E-state index contributed by atoms with van der Waals surface area (Å²) in [7, 11) is 1.88. The minimum Gasteiger partial charge on any atom is -0.493 e. The van der Waals surface area contributed by atoms with Gasteiger partial charge in [-0.2, -0.15) is 18.4 Å². The van der Waals surface area contributed by atoms with Crippen LogP contribution in [0.25, 0.3) is 22.2 Å². The summed E-state index contributed by atoms with van der Waals surface area (Å²) in [4.78, 5) is 13.7. The maximum Gasteiger partial charge on any atom is 0.419 e. The van der Waals surface area contributed by atoms with Gasteiger partial charge in [-0.15, -0.1) is 6.58 Å². The Morgan fingerprint density at radius 1 is 1.37 bits per heavy atom. The Morgan fingerprint density at radius 2 is 2.13 bits per heavy atom. The first-order valence-corrected chi connectivity index (χ1v) is 9.20. The molecule has 0 saturated carbocycles. The third-order valence-electron chi connectivity index (χ3n) is 4.43. The second-order valence-electron chi connectivity index (χ2n) is 6.67. The molecule has 0 aliphatic heterocycles. The highest BCUT2D eigenvalue weighted by Gasteiger charge is 2.35. The lowest BCUT2D eigenvalue weighted by Gasteiger charge is -2.15. The van der Waals surface area contributed by atoms with Crippen LogP contribution in [-0.4, -0.2) is 40.1 Å². The molecule has 0 aliphatic carbocycles. The van der Waals surface area contributed by atoms with E-state index in [9.17, 15) is 18.4 Å². The van der Waals surface area contributed by atoms with Crippen molar-refractivity contribution in [1.29, 1.82) is 5.26 Å². The van der Waals surface area contributed by atoms with Crippen molar-refractivity contribution in [1.82, 2.24) is 19.9 Å². The van der Waals surface area contributed by atoms with Crippen LogP contribution in [0.1, 0.15) is 24.0 Å². The molecule has 9 heteroatoms. The number of rotatable bonds is 7. The zero-order valence-corrected chi connectivity index (χ0v) is 16.5. The van der Waals surface area contributed by atoms with Gasteiger partial charge in [0.1, 0.15) is 28.7 Å². The van der Waals surface area contributed by atoms with Crippen molar-refractivity contribution in [2.45, 2.75) is 19.6 Å². The Bertz CT molecular complexity index is 1110. The Labute approximate surface area is 171 Å². The number of nitrogens with one attached hydrogen (secondary N) is 1. The first-order valence-electron chi connectivity index (χ1n) is 9.20. The molecule has 2 aromatic heterocycles. The first-order chi connectivity index (χ1) is 14.3. The molecule has 3 rings (SSSR count). The number of aromatic nitrogens is 3. The van der Waals surface area contributed by atoms with E-state index in [1.165, 1.54) is 18.3 Å². The van der Waals surface area contributed by atoms with Gasteiger partial charge in [-0.1, -0.05) is 12.1 Å². The molecule has 0 aliphatic rings. The summed E-state index contributed by atoms with van der Waals surface area (Å²) in [5.74, 6) is 0.336. The number of nitrogens with zero attached hydrogens (tertiary/aromatic N) is 4. The molecule has 0 fully saturated rings. The molecule has 30 heavy (non-hydrogen) atoms. The number of hydrogen-bond donors (Lipinski definition) is 1. The highest BCUT2D eigenvalue weighted by atomic mass is 19.4. The minimum absolute atomic E-state index is 0.117. The van der Waals surface area contributed by atoms with Gasteiger partial charge in [0.05, 0.1) is 18.7 Å². The fraction of sp³-hybridized carbons (Fsp3) is 0.286. The van der Waals surface area contributed by atoms with Gasteiger partial charge in [0, 0.05) is 18.3 Å². The summed E-state index contributed by atoms with van der Waals surface area (Å²) in [5, 5.41) is 9.37. The van der Waals surface area contributed by atoms with Crippen molar-refractivity contribution in [3.8, 4) is 22.9 Å². The zero-order valence-electron chi connectivity index (χ0n) is 16.5. The SMILES string of the molecule is C=CCN(C)Cc1nc2c(-c3ccc(OCC)c(C(F)(F)F)c3)cnc(C#N)c2[nH]1.